The summed E-state index contributed by atoms with van der Waals surface area (Å²) in [6, 6.07) is 10.0. The van der Waals surface area contributed by atoms with E-state index in [1.54, 1.807) is 7.11 Å². The molecule has 0 amide bonds. The maximum Gasteiger partial charge on any atom is 0.174 e. The van der Waals surface area contributed by atoms with Gasteiger partial charge in [0.15, 0.2) is 17.4 Å². The molecule has 0 aliphatic heterocycles. The van der Waals surface area contributed by atoms with Crippen LogP contribution in [0.1, 0.15) is 12.8 Å². The Morgan fingerprint density at radius 3 is 2.95 bits per heavy atom. The van der Waals surface area contributed by atoms with Crippen LogP contribution in [-0.4, -0.2) is 27.5 Å². The SMILES string of the molecule is COc1cc(SC2CC2)cnc1Nc1n[nH]c2ccccc12. The minimum absolute atomic E-state index is 0.680. The largest absolute Gasteiger partial charge is 0.493 e. The van der Waals surface area contributed by atoms with Crippen LogP contribution >= 0.6 is 11.8 Å². The van der Waals surface area contributed by atoms with Crippen molar-refractivity contribution in [2.24, 2.45) is 0 Å². The molecule has 5 nitrogen and oxygen atoms in total. The predicted octanol–water partition coefficient (Wildman–Crippen LogP) is 3.96. The van der Waals surface area contributed by atoms with Gasteiger partial charge in [0.1, 0.15) is 0 Å². The molecular weight excluding hydrogens is 296 g/mol. The smallest absolute Gasteiger partial charge is 0.174 e. The Hall–Kier alpha value is -2.21. The second kappa shape index (κ2) is 5.53. The van der Waals surface area contributed by atoms with Crippen LogP contribution < -0.4 is 10.1 Å². The molecule has 2 aromatic heterocycles. The van der Waals surface area contributed by atoms with Crippen LogP contribution in [0, 0.1) is 0 Å². The first kappa shape index (κ1) is 13.5. The molecule has 0 atom stereocenters. The fourth-order valence-corrected chi connectivity index (χ4v) is 3.34. The molecule has 0 bridgehead atoms. The molecule has 3 aromatic rings. The minimum atomic E-state index is 0.680. The van der Waals surface area contributed by atoms with E-state index in [0.29, 0.717) is 5.82 Å². The molecule has 1 fully saturated rings. The summed E-state index contributed by atoms with van der Waals surface area (Å²) in [6.45, 7) is 0. The molecule has 1 aromatic carbocycles. The van der Waals surface area contributed by atoms with E-state index in [9.17, 15) is 0 Å². The monoisotopic (exact) mass is 312 g/mol. The molecule has 2 heterocycles. The van der Waals surface area contributed by atoms with E-state index >= 15 is 0 Å². The van der Waals surface area contributed by atoms with E-state index in [1.165, 1.54) is 12.8 Å². The van der Waals surface area contributed by atoms with Crippen molar-refractivity contribution in [2.45, 2.75) is 23.0 Å². The number of methoxy groups -OCH3 is 1. The lowest BCUT2D eigenvalue weighted by Crippen LogP contribution is -1.98. The van der Waals surface area contributed by atoms with Crippen LogP contribution in [0.4, 0.5) is 11.6 Å². The number of hydrogen-bond acceptors (Lipinski definition) is 5. The van der Waals surface area contributed by atoms with Crippen molar-refractivity contribution < 1.29 is 4.74 Å². The number of aromatic amines is 1. The summed E-state index contributed by atoms with van der Waals surface area (Å²) in [6.07, 6.45) is 4.49. The second-order valence-electron chi connectivity index (χ2n) is 5.28. The molecule has 112 valence electrons. The highest BCUT2D eigenvalue weighted by Crippen LogP contribution is 2.41. The Bertz CT molecular complexity index is 813. The summed E-state index contributed by atoms with van der Waals surface area (Å²) < 4.78 is 5.47. The zero-order valence-electron chi connectivity index (χ0n) is 12.2. The first-order valence-corrected chi connectivity index (χ1v) is 8.12. The lowest BCUT2D eigenvalue weighted by molar-refractivity contribution is 0.414. The third-order valence-corrected chi connectivity index (χ3v) is 4.88. The first-order valence-electron chi connectivity index (χ1n) is 7.24. The van der Waals surface area contributed by atoms with Crippen molar-refractivity contribution in [3.63, 3.8) is 0 Å². The molecule has 0 spiro atoms. The number of nitrogens with zero attached hydrogens (tertiary/aromatic N) is 2. The Morgan fingerprint density at radius 2 is 2.14 bits per heavy atom. The summed E-state index contributed by atoms with van der Waals surface area (Å²) in [5.41, 5.74) is 0.991. The van der Waals surface area contributed by atoms with Crippen LogP contribution in [0.3, 0.4) is 0 Å². The van der Waals surface area contributed by atoms with Gasteiger partial charge >= 0.3 is 0 Å². The summed E-state index contributed by atoms with van der Waals surface area (Å²) in [5, 5.41) is 12.4. The van der Waals surface area contributed by atoms with Gasteiger partial charge in [-0.15, -0.1) is 11.8 Å². The Balaban J connectivity index is 1.63. The van der Waals surface area contributed by atoms with Crippen LogP contribution in [0.25, 0.3) is 10.9 Å². The van der Waals surface area contributed by atoms with E-state index in [1.807, 2.05) is 48.3 Å². The standard InChI is InChI=1S/C16H16N4OS/c1-21-14-8-11(22-10-6-7-10)9-17-16(14)18-15-12-4-2-3-5-13(12)19-20-15/h2-5,8-10H,6-7H2,1H3,(H2,17,18,19,20). The quantitative estimate of drug-likeness (QED) is 0.746. The highest BCUT2D eigenvalue weighted by atomic mass is 32.2. The maximum absolute atomic E-state index is 5.47. The molecule has 4 rings (SSSR count). The van der Waals surface area contributed by atoms with E-state index in [0.717, 1.165) is 32.6 Å². The van der Waals surface area contributed by atoms with Gasteiger partial charge in [-0.3, -0.25) is 5.10 Å². The Labute approximate surface area is 132 Å². The van der Waals surface area contributed by atoms with Gasteiger partial charge < -0.3 is 10.1 Å². The van der Waals surface area contributed by atoms with Gasteiger partial charge in [0.2, 0.25) is 0 Å². The molecule has 2 N–H and O–H groups in total. The number of aromatic nitrogens is 3. The van der Waals surface area contributed by atoms with Crippen LogP contribution in [0.2, 0.25) is 0 Å². The molecule has 0 saturated heterocycles. The van der Waals surface area contributed by atoms with Crippen molar-refractivity contribution in [2.75, 3.05) is 12.4 Å². The highest BCUT2D eigenvalue weighted by molar-refractivity contribution is 8.00. The molecule has 1 aliphatic carbocycles. The van der Waals surface area contributed by atoms with Gasteiger partial charge in [-0.2, -0.15) is 5.10 Å². The van der Waals surface area contributed by atoms with Crippen molar-refractivity contribution >= 4 is 34.3 Å². The predicted molar refractivity (Wildman–Crippen MR) is 89.0 cm³/mol. The first-order chi connectivity index (χ1) is 10.8. The van der Waals surface area contributed by atoms with Gasteiger partial charge in [-0.1, -0.05) is 12.1 Å². The molecule has 1 aliphatic rings. The second-order valence-corrected chi connectivity index (χ2v) is 6.66. The topological polar surface area (TPSA) is 62.8 Å². The van der Waals surface area contributed by atoms with E-state index in [-0.39, 0.29) is 0 Å². The van der Waals surface area contributed by atoms with Gasteiger partial charge in [-0.05, 0) is 31.0 Å². The van der Waals surface area contributed by atoms with Crippen LogP contribution in [-0.2, 0) is 0 Å². The number of pyridine rings is 1. The van der Waals surface area contributed by atoms with Crippen LogP contribution in [0.15, 0.2) is 41.4 Å². The normalized spacial score (nSPS) is 14.2. The molecule has 6 heteroatoms. The zero-order valence-corrected chi connectivity index (χ0v) is 13.0. The number of para-hydroxylation sites is 1. The Kier molecular flexibility index (Phi) is 3.38. The van der Waals surface area contributed by atoms with Gasteiger partial charge in [0.05, 0.1) is 12.6 Å². The van der Waals surface area contributed by atoms with Crippen molar-refractivity contribution in [1.82, 2.24) is 15.2 Å². The number of nitrogens with one attached hydrogen (secondary N) is 2. The number of H-pyrrole nitrogens is 1. The van der Waals surface area contributed by atoms with Gasteiger partial charge in [-0.25, -0.2) is 4.98 Å². The molecule has 22 heavy (non-hydrogen) atoms. The number of fused-ring (bicyclic) bond motifs is 1. The van der Waals surface area contributed by atoms with Crippen LogP contribution in [0.5, 0.6) is 5.75 Å². The molecule has 1 saturated carbocycles. The number of thioether (sulfide) groups is 1. The lowest BCUT2D eigenvalue weighted by Gasteiger charge is -2.10. The fourth-order valence-electron chi connectivity index (χ4n) is 2.29. The number of ether oxygens (including phenoxy) is 1. The van der Waals surface area contributed by atoms with Crippen molar-refractivity contribution in [3.8, 4) is 5.75 Å². The number of hydrogen-bond donors (Lipinski definition) is 2. The van der Waals surface area contributed by atoms with Crippen molar-refractivity contribution in [1.29, 1.82) is 0 Å². The Morgan fingerprint density at radius 1 is 1.27 bits per heavy atom. The number of rotatable bonds is 5. The molecule has 0 radical (unpaired) electrons. The third-order valence-electron chi connectivity index (χ3n) is 3.58. The maximum atomic E-state index is 5.47. The zero-order chi connectivity index (χ0) is 14.9. The number of anilines is 2. The summed E-state index contributed by atoms with van der Waals surface area (Å²) in [4.78, 5) is 5.65. The summed E-state index contributed by atoms with van der Waals surface area (Å²) >= 11 is 1.87. The number of benzene rings is 1. The average molecular weight is 312 g/mol. The molecular formula is C16H16N4OS. The van der Waals surface area contributed by atoms with Gasteiger partial charge in [0.25, 0.3) is 0 Å². The van der Waals surface area contributed by atoms with Crippen molar-refractivity contribution in [3.05, 3.63) is 36.5 Å². The molecule has 0 unspecified atom stereocenters. The van der Waals surface area contributed by atoms with Gasteiger partial charge in [0, 0.05) is 21.7 Å². The summed E-state index contributed by atoms with van der Waals surface area (Å²) in [5.74, 6) is 2.17. The summed E-state index contributed by atoms with van der Waals surface area (Å²) in [7, 11) is 1.66. The average Bonchev–Trinajstić information content (AvgIpc) is 3.28. The third kappa shape index (κ3) is 2.62. The van der Waals surface area contributed by atoms with E-state index < -0.39 is 0 Å². The lowest BCUT2D eigenvalue weighted by atomic mass is 10.2. The highest BCUT2D eigenvalue weighted by Gasteiger charge is 2.23. The fraction of sp³-hybridized carbons (Fsp3) is 0.250. The van der Waals surface area contributed by atoms with E-state index in [4.69, 9.17) is 4.74 Å². The minimum Gasteiger partial charge on any atom is -0.493 e. The van der Waals surface area contributed by atoms with E-state index in [2.05, 4.69) is 20.5 Å².